The van der Waals surface area contributed by atoms with E-state index in [0.717, 1.165) is 0 Å². The number of ether oxygens (including phenoxy) is 1. The van der Waals surface area contributed by atoms with Crippen molar-refractivity contribution in [2.45, 2.75) is 45.8 Å². The van der Waals surface area contributed by atoms with Gasteiger partial charge < -0.3 is 10.1 Å². The molecule has 0 saturated carbocycles. The second kappa shape index (κ2) is 5.04. The van der Waals surface area contributed by atoms with E-state index in [1.165, 1.54) is 6.92 Å². The second-order valence-electron chi connectivity index (χ2n) is 4.06. The number of hydrogen-bond acceptors (Lipinski definition) is 3. The van der Waals surface area contributed by atoms with Crippen molar-refractivity contribution in [2.75, 3.05) is 0 Å². The van der Waals surface area contributed by atoms with Gasteiger partial charge in [0.15, 0.2) is 0 Å². The maximum atomic E-state index is 11.8. The Balaban J connectivity index is 4.17. The zero-order valence-corrected chi connectivity index (χ0v) is 9.14. The molecule has 88 valence electrons. The highest BCUT2D eigenvalue weighted by molar-refractivity contribution is 5.85. The van der Waals surface area contributed by atoms with E-state index in [2.05, 4.69) is 0 Å². The Morgan fingerprint density at radius 3 is 2.07 bits per heavy atom. The van der Waals surface area contributed by atoms with Gasteiger partial charge in [-0.1, -0.05) is 0 Å². The number of carbonyl (C=O) groups is 2. The standard InChI is InChI=1S/C9H15F2NO3/c1-5(12-7(13)6(10)11)8(14)15-9(2,3)4/h5-6H,1-4H3,(H,12,13)/t5-/m0/s1. The zero-order valence-electron chi connectivity index (χ0n) is 9.14. The van der Waals surface area contributed by atoms with Gasteiger partial charge in [0, 0.05) is 0 Å². The van der Waals surface area contributed by atoms with Crippen molar-refractivity contribution in [3.8, 4) is 0 Å². The van der Waals surface area contributed by atoms with Crippen LogP contribution in [0.2, 0.25) is 0 Å². The summed E-state index contributed by atoms with van der Waals surface area (Å²) in [7, 11) is 0. The van der Waals surface area contributed by atoms with Crippen LogP contribution in [0.5, 0.6) is 0 Å². The average Bonchev–Trinajstić information content (AvgIpc) is 2.00. The molecule has 0 aromatic heterocycles. The minimum absolute atomic E-state index is 0.707. The zero-order chi connectivity index (χ0) is 12.2. The van der Waals surface area contributed by atoms with Gasteiger partial charge in [0.25, 0.3) is 5.91 Å². The smallest absolute Gasteiger partial charge is 0.328 e. The summed E-state index contributed by atoms with van der Waals surface area (Å²) in [5.41, 5.74) is -0.707. The van der Waals surface area contributed by atoms with E-state index >= 15 is 0 Å². The van der Waals surface area contributed by atoms with Gasteiger partial charge in [-0.3, -0.25) is 4.79 Å². The van der Waals surface area contributed by atoms with Gasteiger partial charge in [0.2, 0.25) is 0 Å². The summed E-state index contributed by atoms with van der Waals surface area (Å²) in [5.74, 6) is -2.22. The van der Waals surface area contributed by atoms with Crippen LogP contribution in [0.1, 0.15) is 27.7 Å². The number of halogens is 2. The first-order valence-electron chi connectivity index (χ1n) is 4.45. The van der Waals surface area contributed by atoms with Crippen molar-refractivity contribution in [2.24, 2.45) is 0 Å². The lowest BCUT2D eigenvalue weighted by Crippen LogP contribution is -2.44. The predicted octanol–water partition coefficient (Wildman–Crippen LogP) is 1.10. The monoisotopic (exact) mass is 223 g/mol. The van der Waals surface area contributed by atoms with Crippen LogP contribution in [0.3, 0.4) is 0 Å². The minimum Gasteiger partial charge on any atom is -0.458 e. The normalized spacial score (nSPS) is 13.5. The second-order valence-corrected chi connectivity index (χ2v) is 4.06. The molecule has 0 aliphatic heterocycles. The minimum atomic E-state index is -3.13. The molecule has 0 aliphatic rings. The molecule has 0 radical (unpaired) electrons. The Bertz CT molecular complexity index is 248. The Kier molecular flexibility index (Phi) is 4.64. The van der Waals surface area contributed by atoms with E-state index in [1.54, 1.807) is 20.8 Å². The van der Waals surface area contributed by atoms with E-state index in [0.29, 0.717) is 0 Å². The molecule has 1 N–H and O–H groups in total. The SMILES string of the molecule is C[C@H](NC(=O)C(F)F)C(=O)OC(C)(C)C. The molecule has 6 heteroatoms. The van der Waals surface area contributed by atoms with E-state index in [4.69, 9.17) is 4.74 Å². The van der Waals surface area contributed by atoms with Crippen LogP contribution in [0.4, 0.5) is 8.78 Å². The van der Waals surface area contributed by atoms with Gasteiger partial charge >= 0.3 is 12.4 Å². The lowest BCUT2D eigenvalue weighted by atomic mass is 10.2. The van der Waals surface area contributed by atoms with Crippen LogP contribution < -0.4 is 5.32 Å². The van der Waals surface area contributed by atoms with Crippen molar-refractivity contribution in [3.05, 3.63) is 0 Å². The van der Waals surface area contributed by atoms with Crippen molar-refractivity contribution in [1.29, 1.82) is 0 Å². The van der Waals surface area contributed by atoms with E-state index in [-0.39, 0.29) is 0 Å². The number of alkyl halides is 2. The number of esters is 1. The third kappa shape index (κ3) is 5.98. The molecule has 0 bridgehead atoms. The topological polar surface area (TPSA) is 55.4 Å². The molecule has 1 atom stereocenters. The Morgan fingerprint density at radius 2 is 1.73 bits per heavy atom. The fourth-order valence-electron chi connectivity index (χ4n) is 0.725. The van der Waals surface area contributed by atoms with Crippen LogP contribution in [0.25, 0.3) is 0 Å². The van der Waals surface area contributed by atoms with E-state index in [9.17, 15) is 18.4 Å². The third-order valence-electron chi connectivity index (χ3n) is 1.32. The van der Waals surface area contributed by atoms with Gasteiger partial charge in [-0.2, -0.15) is 8.78 Å². The average molecular weight is 223 g/mol. The summed E-state index contributed by atoms with van der Waals surface area (Å²) in [6.45, 7) is 6.22. The maximum Gasteiger partial charge on any atom is 0.328 e. The quantitative estimate of drug-likeness (QED) is 0.729. The lowest BCUT2D eigenvalue weighted by Gasteiger charge is -2.22. The predicted molar refractivity (Wildman–Crippen MR) is 49.5 cm³/mol. The molecular formula is C9H15F2NO3. The Morgan fingerprint density at radius 1 is 1.27 bits per heavy atom. The van der Waals surface area contributed by atoms with Gasteiger partial charge in [-0.25, -0.2) is 4.79 Å². The van der Waals surface area contributed by atoms with Crippen molar-refractivity contribution in [3.63, 3.8) is 0 Å². The molecule has 0 rings (SSSR count). The summed E-state index contributed by atoms with van der Waals surface area (Å²) in [6.07, 6.45) is -3.13. The number of carbonyl (C=O) groups excluding carboxylic acids is 2. The summed E-state index contributed by atoms with van der Waals surface area (Å²) < 4.78 is 28.5. The molecule has 1 amide bonds. The summed E-state index contributed by atoms with van der Waals surface area (Å²) >= 11 is 0. The van der Waals surface area contributed by atoms with Crippen LogP contribution in [0.15, 0.2) is 0 Å². The highest BCUT2D eigenvalue weighted by atomic mass is 19.3. The van der Waals surface area contributed by atoms with Crippen LogP contribution in [-0.4, -0.2) is 29.9 Å². The Labute approximate surface area is 87.0 Å². The van der Waals surface area contributed by atoms with Crippen LogP contribution >= 0.6 is 0 Å². The van der Waals surface area contributed by atoms with Crippen LogP contribution in [0, 0.1) is 0 Å². The molecule has 15 heavy (non-hydrogen) atoms. The fraction of sp³-hybridized carbons (Fsp3) is 0.778. The van der Waals surface area contributed by atoms with Gasteiger partial charge in [-0.05, 0) is 27.7 Å². The number of amides is 1. The number of hydrogen-bond donors (Lipinski definition) is 1. The molecular weight excluding hydrogens is 208 g/mol. The molecule has 0 aromatic carbocycles. The first-order valence-corrected chi connectivity index (χ1v) is 4.45. The highest BCUT2D eigenvalue weighted by Gasteiger charge is 2.25. The van der Waals surface area contributed by atoms with Gasteiger partial charge in [0.1, 0.15) is 11.6 Å². The molecule has 0 spiro atoms. The summed E-state index contributed by atoms with van der Waals surface area (Å²) in [5, 5.41) is 1.84. The maximum absolute atomic E-state index is 11.8. The largest absolute Gasteiger partial charge is 0.458 e. The summed E-state index contributed by atoms with van der Waals surface area (Å²) in [4.78, 5) is 21.8. The van der Waals surface area contributed by atoms with Crippen molar-refractivity contribution >= 4 is 11.9 Å². The first kappa shape index (κ1) is 13.8. The fourth-order valence-corrected chi connectivity index (χ4v) is 0.725. The molecule has 0 aliphatic carbocycles. The molecule has 0 unspecified atom stereocenters. The molecule has 0 heterocycles. The van der Waals surface area contributed by atoms with Gasteiger partial charge in [-0.15, -0.1) is 0 Å². The van der Waals surface area contributed by atoms with E-state index in [1.807, 2.05) is 5.32 Å². The van der Waals surface area contributed by atoms with Gasteiger partial charge in [0.05, 0.1) is 0 Å². The highest BCUT2D eigenvalue weighted by Crippen LogP contribution is 2.08. The molecule has 4 nitrogen and oxygen atoms in total. The van der Waals surface area contributed by atoms with Crippen molar-refractivity contribution in [1.82, 2.24) is 5.32 Å². The Hall–Kier alpha value is -1.20. The molecule has 0 aromatic rings. The summed E-state index contributed by atoms with van der Waals surface area (Å²) in [6, 6.07) is -1.08. The van der Waals surface area contributed by atoms with E-state index < -0.39 is 29.9 Å². The van der Waals surface area contributed by atoms with Crippen LogP contribution in [-0.2, 0) is 14.3 Å². The molecule has 0 saturated heterocycles. The van der Waals surface area contributed by atoms with Crippen molar-refractivity contribution < 1.29 is 23.1 Å². The molecule has 0 fully saturated rings. The lowest BCUT2D eigenvalue weighted by molar-refractivity contribution is -0.158. The number of rotatable bonds is 3. The third-order valence-corrected chi connectivity index (χ3v) is 1.32. The number of nitrogens with one attached hydrogen (secondary N) is 1. The first-order chi connectivity index (χ1) is 6.63.